The number of para-hydroxylation sites is 2. The Morgan fingerprint density at radius 2 is 1.29 bits per heavy atom. The molecule has 5 nitrogen and oxygen atoms in total. The topological polar surface area (TPSA) is 49.9 Å². The monoisotopic (exact) mass is 618 g/mol. The summed E-state index contributed by atoms with van der Waals surface area (Å²) in [4.78, 5) is 30.3. The van der Waals surface area contributed by atoms with Crippen molar-refractivity contribution in [2.45, 2.75) is 6.61 Å². The zero-order valence-electron chi connectivity index (χ0n) is 21.7. The van der Waals surface area contributed by atoms with Gasteiger partial charge in [-0.1, -0.05) is 84.9 Å². The Labute approximate surface area is 251 Å². The summed E-state index contributed by atoms with van der Waals surface area (Å²) >= 11 is 9.29. The molecule has 2 amide bonds. The van der Waals surface area contributed by atoms with Crippen LogP contribution in [-0.2, 0) is 16.2 Å². The Kier molecular flexibility index (Phi) is 7.46. The summed E-state index contributed by atoms with van der Waals surface area (Å²) in [5.74, 6) is -0.309. The summed E-state index contributed by atoms with van der Waals surface area (Å²) in [6.07, 6.45) is 1.59. The van der Waals surface area contributed by atoms with E-state index < -0.39 is 11.8 Å². The number of fused-ring (bicyclic) bond motifs is 1. The molecule has 0 unspecified atom stereocenters. The summed E-state index contributed by atoms with van der Waals surface area (Å²) in [6, 6.07) is 38.0. The van der Waals surface area contributed by atoms with Crippen LogP contribution in [0.25, 0.3) is 16.8 Å². The van der Waals surface area contributed by atoms with E-state index in [4.69, 9.17) is 17.0 Å². The molecule has 0 aromatic heterocycles. The molecule has 0 bridgehead atoms. The highest BCUT2D eigenvalue weighted by molar-refractivity contribution is 9.10. The Morgan fingerprint density at radius 1 is 0.707 bits per heavy atom. The number of hydrogen-bond acceptors (Lipinski definition) is 4. The van der Waals surface area contributed by atoms with E-state index in [2.05, 4.69) is 40.2 Å². The first-order valence-corrected chi connectivity index (χ1v) is 14.1. The first-order chi connectivity index (χ1) is 20.0. The van der Waals surface area contributed by atoms with Gasteiger partial charge in [0.1, 0.15) is 17.9 Å². The van der Waals surface area contributed by atoms with Gasteiger partial charge in [-0.3, -0.25) is 19.4 Å². The molecular weight excluding hydrogens is 596 g/mol. The van der Waals surface area contributed by atoms with E-state index in [0.717, 1.165) is 16.3 Å². The van der Waals surface area contributed by atoms with Crippen molar-refractivity contribution in [3.8, 4) is 5.75 Å². The zero-order valence-corrected chi connectivity index (χ0v) is 24.1. The van der Waals surface area contributed by atoms with Gasteiger partial charge in [0.15, 0.2) is 5.11 Å². The average Bonchev–Trinajstić information content (AvgIpc) is 3.00. The SMILES string of the molecule is O=C1C(=Cc2ccc(OCc3cccc4ccccc34)c(Br)c2)C(=O)N(c2ccccc2)C(=S)N1c1ccccc1. The Balaban J connectivity index is 1.32. The first kappa shape index (κ1) is 26.6. The summed E-state index contributed by atoms with van der Waals surface area (Å²) in [7, 11) is 0. The van der Waals surface area contributed by atoms with Crippen LogP contribution in [0.3, 0.4) is 0 Å². The lowest BCUT2D eigenvalue weighted by molar-refractivity contribution is -0.120. The van der Waals surface area contributed by atoms with Crippen molar-refractivity contribution >= 4 is 73.3 Å². The molecule has 5 aromatic rings. The molecular formula is C34H23BrN2O3S. The van der Waals surface area contributed by atoms with Crippen molar-refractivity contribution in [1.29, 1.82) is 0 Å². The highest BCUT2D eigenvalue weighted by atomic mass is 79.9. The molecule has 1 aliphatic rings. The number of carbonyl (C=O) groups excluding carboxylic acids is 2. The summed E-state index contributed by atoms with van der Waals surface area (Å²) in [6.45, 7) is 0.396. The number of benzene rings is 5. The Morgan fingerprint density at radius 3 is 1.93 bits per heavy atom. The highest BCUT2D eigenvalue weighted by Crippen LogP contribution is 2.32. The lowest BCUT2D eigenvalue weighted by Gasteiger charge is -2.36. The predicted octanol–water partition coefficient (Wildman–Crippen LogP) is 7.93. The van der Waals surface area contributed by atoms with Gasteiger partial charge in [-0.05, 0) is 92.5 Å². The number of halogens is 1. The lowest BCUT2D eigenvalue weighted by Crippen LogP contribution is -2.56. The van der Waals surface area contributed by atoms with Crippen LogP contribution < -0.4 is 14.5 Å². The van der Waals surface area contributed by atoms with E-state index in [0.29, 0.717) is 33.8 Å². The minimum Gasteiger partial charge on any atom is -0.488 e. The van der Waals surface area contributed by atoms with Crippen LogP contribution in [0.1, 0.15) is 11.1 Å². The number of hydrogen-bond donors (Lipinski definition) is 0. The van der Waals surface area contributed by atoms with Gasteiger partial charge in [-0.25, -0.2) is 0 Å². The molecule has 41 heavy (non-hydrogen) atoms. The van der Waals surface area contributed by atoms with Crippen LogP contribution in [0.15, 0.2) is 131 Å². The molecule has 0 atom stereocenters. The van der Waals surface area contributed by atoms with Crippen LogP contribution in [0.2, 0.25) is 0 Å². The molecule has 7 heteroatoms. The van der Waals surface area contributed by atoms with Gasteiger partial charge in [-0.2, -0.15) is 0 Å². The Bertz CT molecular complexity index is 1750. The number of anilines is 2. The number of carbonyl (C=O) groups is 2. The Hall–Kier alpha value is -4.59. The molecule has 1 saturated heterocycles. The number of amides is 2. The van der Waals surface area contributed by atoms with E-state index in [9.17, 15) is 9.59 Å². The predicted molar refractivity (Wildman–Crippen MR) is 171 cm³/mol. The zero-order chi connectivity index (χ0) is 28.3. The fraction of sp³-hybridized carbons (Fsp3) is 0.0294. The second-order valence-electron chi connectivity index (χ2n) is 9.41. The number of ether oxygens (including phenoxy) is 1. The maximum atomic E-state index is 13.7. The van der Waals surface area contributed by atoms with Crippen LogP contribution in [0, 0.1) is 0 Å². The van der Waals surface area contributed by atoms with E-state index in [1.54, 1.807) is 30.3 Å². The maximum absolute atomic E-state index is 13.7. The van der Waals surface area contributed by atoms with Crippen LogP contribution in [0.4, 0.5) is 11.4 Å². The van der Waals surface area contributed by atoms with Crippen molar-refractivity contribution in [2.24, 2.45) is 0 Å². The first-order valence-electron chi connectivity index (χ1n) is 12.9. The molecule has 0 radical (unpaired) electrons. The molecule has 1 aliphatic heterocycles. The van der Waals surface area contributed by atoms with Crippen molar-refractivity contribution < 1.29 is 14.3 Å². The third kappa shape index (κ3) is 5.29. The van der Waals surface area contributed by atoms with Gasteiger partial charge in [0.2, 0.25) is 0 Å². The van der Waals surface area contributed by atoms with Gasteiger partial charge in [0, 0.05) is 0 Å². The molecule has 0 aliphatic carbocycles. The van der Waals surface area contributed by atoms with Gasteiger partial charge in [0.05, 0.1) is 15.8 Å². The normalized spacial score (nSPS) is 13.6. The fourth-order valence-electron chi connectivity index (χ4n) is 4.80. The van der Waals surface area contributed by atoms with Crippen LogP contribution in [0.5, 0.6) is 5.75 Å². The molecule has 1 fully saturated rings. The molecule has 0 spiro atoms. The number of rotatable bonds is 6. The second-order valence-corrected chi connectivity index (χ2v) is 10.6. The van der Waals surface area contributed by atoms with Crippen molar-refractivity contribution in [3.05, 3.63) is 143 Å². The van der Waals surface area contributed by atoms with Crippen molar-refractivity contribution in [3.63, 3.8) is 0 Å². The van der Waals surface area contributed by atoms with Gasteiger partial charge >= 0.3 is 0 Å². The summed E-state index contributed by atoms with van der Waals surface area (Å²) < 4.78 is 6.85. The smallest absolute Gasteiger partial charge is 0.270 e. The minimum absolute atomic E-state index is 0.00244. The standard InChI is InChI=1S/C34H23BrN2O3S/c35-30-21-23(18-19-31(30)40-22-25-12-9-11-24-10-7-8-17-28(24)25)20-29-32(38)36(26-13-3-1-4-14-26)34(41)37(33(29)39)27-15-5-2-6-16-27/h1-21H,22H2. The molecule has 200 valence electrons. The third-order valence-electron chi connectivity index (χ3n) is 6.81. The third-order valence-corrected chi connectivity index (χ3v) is 7.79. The van der Waals surface area contributed by atoms with Crippen LogP contribution in [-0.4, -0.2) is 16.9 Å². The summed E-state index contributed by atoms with van der Waals surface area (Å²) in [5.41, 5.74) is 2.92. The second kappa shape index (κ2) is 11.5. The molecule has 6 rings (SSSR count). The highest BCUT2D eigenvalue weighted by Gasteiger charge is 2.41. The van der Waals surface area contributed by atoms with E-state index in [1.807, 2.05) is 72.8 Å². The number of nitrogens with zero attached hydrogens (tertiary/aromatic N) is 2. The molecule has 0 N–H and O–H groups in total. The molecule has 0 saturated carbocycles. The van der Waals surface area contributed by atoms with E-state index in [1.165, 1.54) is 9.80 Å². The number of thiocarbonyl (C=S) groups is 1. The van der Waals surface area contributed by atoms with Gasteiger partial charge in [0.25, 0.3) is 11.8 Å². The van der Waals surface area contributed by atoms with Gasteiger partial charge < -0.3 is 4.74 Å². The van der Waals surface area contributed by atoms with E-state index in [-0.39, 0.29) is 10.7 Å². The largest absolute Gasteiger partial charge is 0.488 e. The maximum Gasteiger partial charge on any atom is 0.270 e. The minimum atomic E-state index is -0.481. The fourth-order valence-corrected chi connectivity index (χ4v) is 5.69. The van der Waals surface area contributed by atoms with Crippen molar-refractivity contribution in [2.75, 3.05) is 9.80 Å². The lowest BCUT2D eigenvalue weighted by atomic mass is 10.0. The quantitative estimate of drug-likeness (QED) is 0.110. The van der Waals surface area contributed by atoms with Crippen LogP contribution >= 0.6 is 28.1 Å². The van der Waals surface area contributed by atoms with Gasteiger partial charge in [-0.15, -0.1) is 0 Å². The van der Waals surface area contributed by atoms with Crippen molar-refractivity contribution in [1.82, 2.24) is 0 Å². The molecule has 1 heterocycles. The summed E-state index contributed by atoms with van der Waals surface area (Å²) in [5, 5.41) is 2.41. The average molecular weight is 620 g/mol. The molecule has 5 aromatic carbocycles. The van der Waals surface area contributed by atoms with E-state index >= 15 is 0 Å².